The molecule has 0 bridgehead atoms. The highest BCUT2D eigenvalue weighted by atomic mass is 14.9. The largest absolute Gasteiger partial charge is 0.264 e. The molecule has 0 radical (unpaired) electrons. The maximum absolute atomic E-state index is 5.23. The molecule has 3 nitrogen and oxygen atoms in total. The number of benzene rings is 9. The Balaban J connectivity index is 1.08. The molecule has 58 heavy (non-hydrogen) atoms. The summed E-state index contributed by atoms with van der Waals surface area (Å²) in [5.41, 5.74) is 11.8. The predicted molar refractivity (Wildman–Crippen MR) is 242 cm³/mol. The summed E-state index contributed by atoms with van der Waals surface area (Å²) in [6.45, 7) is 0. The van der Waals surface area contributed by atoms with Crippen LogP contribution in [-0.2, 0) is 0 Å². The van der Waals surface area contributed by atoms with Crippen molar-refractivity contribution in [2.45, 2.75) is 0 Å². The molecule has 9 aromatic carbocycles. The fourth-order valence-electron chi connectivity index (χ4n) is 8.55. The zero-order valence-corrected chi connectivity index (χ0v) is 31.5. The van der Waals surface area contributed by atoms with E-state index in [1.807, 2.05) is 18.3 Å². The summed E-state index contributed by atoms with van der Waals surface area (Å²) in [4.78, 5) is 14.7. The molecular formula is C55H35N3. The van der Waals surface area contributed by atoms with Crippen molar-refractivity contribution in [1.29, 1.82) is 0 Å². The van der Waals surface area contributed by atoms with Crippen molar-refractivity contribution < 1.29 is 0 Å². The molecule has 11 aromatic rings. The van der Waals surface area contributed by atoms with Gasteiger partial charge >= 0.3 is 0 Å². The Labute approximate surface area is 336 Å². The van der Waals surface area contributed by atoms with Crippen molar-refractivity contribution in [3.63, 3.8) is 0 Å². The number of nitrogens with zero attached hydrogens (tertiary/aromatic N) is 3. The van der Waals surface area contributed by atoms with Gasteiger partial charge in [-0.05, 0) is 107 Å². The molecule has 0 unspecified atom stereocenters. The first kappa shape index (κ1) is 33.6. The number of hydrogen-bond acceptors (Lipinski definition) is 3. The Hall–Kier alpha value is -7.75. The molecule has 2 aromatic heterocycles. The minimum atomic E-state index is 0.685. The normalized spacial score (nSPS) is 11.4. The molecule has 2 heterocycles. The van der Waals surface area contributed by atoms with Gasteiger partial charge in [0.1, 0.15) is 0 Å². The number of aromatic nitrogens is 3. The van der Waals surface area contributed by atoms with Crippen LogP contribution in [0.4, 0.5) is 0 Å². The highest BCUT2D eigenvalue weighted by Crippen LogP contribution is 2.43. The summed E-state index contributed by atoms with van der Waals surface area (Å²) in [5, 5.41) is 9.90. The Morgan fingerprint density at radius 3 is 1.53 bits per heavy atom. The van der Waals surface area contributed by atoms with E-state index in [1.165, 1.54) is 59.8 Å². The standard InChI is InChI=1S/C55H35N3/c1-2-14-38(15-3-1)53-34-54(39-28-26-36(27-29-39)42-19-12-30-56-35-42)58-55(57-53)41-18-10-17-40(31-41)49-32-51-48-24-9-8-23-47(48)50(33-52(51)46-22-7-6-21-45(46)49)44-25-11-16-37-13-4-5-20-43(37)44/h1-35H. The topological polar surface area (TPSA) is 38.7 Å². The van der Waals surface area contributed by atoms with Crippen molar-refractivity contribution in [3.05, 3.63) is 213 Å². The predicted octanol–water partition coefficient (Wildman–Crippen LogP) is 14.5. The molecule has 0 saturated carbocycles. The maximum Gasteiger partial charge on any atom is 0.160 e. The smallest absolute Gasteiger partial charge is 0.160 e. The van der Waals surface area contributed by atoms with Gasteiger partial charge < -0.3 is 0 Å². The van der Waals surface area contributed by atoms with E-state index < -0.39 is 0 Å². The molecule has 270 valence electrons. The van der Waals surface area contributed by atoms with Crippen LogP contribution < -0.4 is 0 Å². The van der Waals surface area contributed by atoms with Crippen molar-refractivity contribution >= 4 is 43.1 Å². The molecule has 3 heteroatoms. The van der Waals surface area contributed by atoms with E-state index in [4.69, 9.17) is 9.97 Å². The molecule has 11 rings (SSSR count). The maximum atomic E-state index is 5.23. The van der Waals surface area contributed by atoms with Gasteiger partial charge in [0.15, 0.2) is 5.82 Å². The molecule has 0 fully saturated rings. The summed E-state index contributed by atoms with van der Waals surface area (Å²) in [6.07, 6.45) is 3.69. The Bertz CT molecular complexity index is 3310. The minimum absolute atomic E-state index is 0.685. The van der Waals surface area contributed by atoms with E-state index >= 15 is 0 Å². The van der Waals surface area contributed by atoms with Crippen LogP contribution in [0.1, 0.15) is 0 Å². The van der Waals surface area contributed by atoms with Gasteiger partial charge in [0.25, 0.3) is 0 Å². The third-order valence-electron chi connectivity index (χ3n) is 11.4. The van der Waals surface area contributed by atoms with Gasteiger partial charge in [-0.25, -0.2) is 9.97 Å². The van der Waals surface area contributed by atoms with Gasteiger partial charge in [0.2, 0.25) is 0 Å². The van der Waals surface area contributed by atoms with Crippen LogP contribution in [0.5, 0.6) is 0 Å². The lowest BCUT2D eigenvalue weighted by molar-refractivity contribution is 1.18. The van der Waals surface area contributed by atoms with E-state index in [-0.39, 0.29) is 0 Å². The Kier molecular flexibility index (Phi) is 8.15. The van der Waals surface area contributed by atoms with E-state index in [0.717, 1.165) is 44.8 Å². The second-order valence-electron chi connectivity index (χ2n) is 14.8. The second-order valence-corrected chi connectivity index (χ2v) is 14.8. The highest BCUT2D eigenvalue weighted by molar-refractivity contribution is 6.24. The molecule has 0 saturated heterocycles. The zero-order chi connectivity index (χ0) is 38.4. The summed E-state index contributed by atoms with van der Waals surface area (Å²) >= 11 is 0. The number of hydrogen-bond donors (Lipinski definition) is 0. The molecule has 0 aliphatic carbocycles. The van der Waals surface area contributed by atoms with Crippen LogP contribution in [0.3, 0.4) is 0 Å². The van der Waals surface area contributed by atoms with E-state index in [0.29, 0.717) is 5.82 Å². The summed E-state index contributed by atoms with van der Waals surface area (Å²) < 4.78 is 0. The van der Waals surface area contributed by atoms with Gasteiger partial charge in [-0.1, -0.05) is 170 Å². The number of pyridine rings is 1. The van der Waals surface area contributed by atoms with Gasteiger partial charge in [-0.15, -0.1) is 0 Å². The quantitative estimate of drug-likeness (QED) is 0.160. The van der Waals surface area contributed by atoms with E-state index in [2.05, 4.69) is 193 Å². The average molecular weight is 738 g/mol. The van der Waals surface area contributed by atoms with Crippen LogP contribution in [0.15, 0.2) is 213 Å². The number of fused-ring (bicyclic) bond motifs is 6. The molecule has 0 N–H and O–H groups in total. The lowest BCUT2D eigenvalue weighted by Crippen LogP contribution is -1.96. The molecule has 0 aliphatic rings. The molecule has 0 atom stereocenters. The van der Waals surface area contributed by atoms with Crippen molar-refractivity contribution in [2.24, 2.45) is 0 Å². The van der Waals surface area contributed by atoms with Gasteiger partial charge in [-0.3, -0.25) is 4.98 Å². The van der Waals surface area contributed by atoms with Crippen molar-refractivity contribution in [2.75, 3.05) is 0 Å². The summed E-state index contributed by atoms with van der Waals surface area (Å²) in [7, 11) is 0. The molecule has 0 aliphatic heterocycles. The van der Waals surface area contributed by atoms with Crippen LogP contribution >= 0.6 is 0 Å². The fraction of sp³-hybridized carbons (Fsp3) is 0. The first-order valence-electron chi connectivity index (χ1n) is 19.7. The SMILES string of the molecule is c1ccc(-c2cc(-c3ccc(-c4cccnc4)cc3)nc(-c3cccc(-c4cc5c6ccccc6c(-c6cccc7ccccc67)cc5c5ccccc45)c3)n2)cc1. The highest BCUT2D eigenvalue weighted by Gasteiger charge is 2.17. The van der Waals surface area contributed by atoms with Gasteiger partial charge in [0.05, 0.1) is 11.4 Å². The third kappa shape index (κ3) is 5.89. The average Bonchev–Trinajstić information content (AvgIpc) is 3.31. The number of rotatable bonds is 6. The zero-order valence-electron chi connectivity index (χ0n) is 31.5. The molecule has 0 amide bonds. The van der Waals surface area contributed by atoms with Crippen LogP contribution in [0.25, 0.3) is 110 Å². The van der Waals surface area contributed by atoms with E-state index in [9.17, 15) is 0 Å². The first-order chi connectivity index (χ1) is 28.7. The van der Waals surface area contributed by atoms with Crippen LogP contribution in [-0.4, -0.2) is 15.0 Å². The first-order valence-corrected chi connectivity index (χ1v) is 19.7. The minimum Gasteiger partial charge on any atom is -0.264 e. The molecular weight excluding hydrogens is 703 g/mol. The van der Waals surface area contributed by atoms with Crippen LogP contribution in [0.2, 0.25) is 0 Å². The Morgan fingerprint density at radius 2 is 0.810 bits per heavy atom. The Morgan fingerprint density at radius 1 is 0.276 bits per heavy atom. The lowest BCUT2D eigenvalue weighted by atomic mass is 9.86. The van der Waals surface area contributed by atoms with Crippen molar-refractivity contribution in [3.8, 4) is 67.3 Å². The lowest BCUT2D eigenvalue weighted by Gasteiger charge is -2.17. The molecule has 0 spiro atoms. The monoisotopic (exact) mass is 737 g/mol. The van der Waals surface area contributed by atoms with Crippen LogP contribution in [0, 0.1) is 0 Å². The third-order valence-corrected chi connectivity index (χ3v) is 11.4. The fourth-order valence-corrected chi connectivity index (χ4v) is 8.55. The second kappa shape index (κ2) is 14.1. The van der Waals surface area contributed by atoms with Gasteiger partial charge in [0, 0.05) is 29.1 Å². The summed E-state index contributed by atoms with van der Waals surface area (Å²) in [6, 6.07) is 71.5. The van der Waals surface area contributed by atoms with E-state index in [1.54, 1.807) is 6.20 Å². The van der Waals surface area contributed by atoms with Crippen molar-refractivity contribution in [1.82, 2.24) is 15.0 Å². The summed E-state index contributed by atoms with van der Waals surface area (Å²) in [5.74, 6) is 0.685. The van der Waals surface area contributed by atoms with Gasteiger partial charge in [-0.2, -0.15) is 0 Å².